The Kier molecular flexibility index (Phi) is 4.42. The molecule has 0 saturated heterocycles. The van der Waals surface area contributed by atoms with Crippen molar-refractivity contribution in [3.05, 3.63) is 43.8 Å². The molecule has 21 heavy (non-hydrogen) atoms. The van der Waals surface area contributed by atoms with Gasteiger partial charge in [-0.1, -0.05) is 0 Å². The maximum Gasteiger partial charge on any atom is 0.261 e. The minimum Gasteiger partial charge on any atom is -0.350 e. The van der Waals surface area contributed by atoms with Crippen LogP contribution in [0.15, 0.2) is 23.6 Å². The summed E-state index contributed by atoms with van der Waals surface area (Å²) in [7, 11) is 0. The molecule has 0 spiro atoms. The minimum atomic E-state index is 0.0492. The molecular weight excluding hydrogens is 300 g/mol. The molecule has 1 aliphatic heterocycles. The largest absolute Gasteiger partial charge is 0.350 e. The van der Waals surface area contributed by atoms with Crippen molar-refractivity contribution in [1.82, 2.24) is 10.2 Å². The lowest BCUT2D eigenvalue weighted by Crippen LogP contribution is -2.44. The molecule has 5 heteroatoms. The van der Waals surface area contributed by atoms with Crippen molar-refractivity contribution in [3.8, 4) is 0 Å². The molecule has 1 aliphatic rings. The second kappa shape index (κ2) is 6.30. The lowest BCUT2D eigenvalue weighted by atomic mass is 10.1. The lowest BCUT2D eigenvalue weighted by molar-refractivity contribution is 0.0937. The molecule has 0 aliphatic carbocycles. The van der Waals surface area contributed by atoms with Crippen LogP contribution in [0, 0.1) is 6.92 Å². The van der Waals surface area contributed by atoms with E-state index in [1.54, 1.807) is 11.3 Å². The van der Waals surface area contributed by atoms with E-state index in [-0.39, 0.29) is 5.91 Å². The summed E-state index contributed by atoms with van der Waals surface area (Å²) in [6, 6.07) is 6.49. The zero-order valence-corrected chi connectivity index (χ0v) is 14.0. The summed E-state index contributed by atoms with van der Waals surface area (Å²) in [5, 5.41) is 5.24. The highest BCUT2D eigenvalue weighted by Gasteiger charge is 2.21. The maximum absolute atomic E-state index is 12.1. The van der Waals surface area contributed by atoms with Gasteiger partial charge in [-0.2, -0.15) is 0 Å². The van der Waals surface area contributed by atoms with Crippen molar-refractivity contribution in [2.75, 3.05) is 13.1 Å². The summed E-state index contributed by atoms with van der Waals surface area (Å²) in [6.45, 7) is 7.01. The molecule has 0 radical (unpaired) electrons. The van der Waals surface area contributed by atoms with Gasteiger partial charge >= 0.3 is 0 Å². The first-order valence-corrected chi connectivity index (χ1v) is 8.97. The number of thiophene rings is 2. The normalized spacial score (nSPS) is 16.5. The zero-order chi connectivity index (χ0) is 14.8. The van der Waals surface area contributed by atoms with Gasteiger partial charge < -0.3 is 5.32 Å². The fraction of sp³-hybridized carbons (Fsp3) is 0.438. The van der Waals surface area contributed by atoms with Gasteiger partial charge in [0.15, 0.2) is 0 Å². The standard InChI is InChI=1S/C16H20N2OS2/c1-11(9-17-16(19)15-4-3-12(2)21-15)18-7-5-14-13(10-18)6-8-20-14/h3-4,6,8,11H,5,7,9-10H2,1-2H3,(H,17,19)/t11-/m1/s1. The van der Waals surface area contributed by atoms with Crippen LogP contribution in [0.2, 0.25) is 0 Å². The van der Waals surface area contributed by atoms with Gasteiger partial charge in [0.25, 0.3) is 5.91 Å². The SMILES string of the molecule is Cc1ccc(C(=O)NC[C@@H](C)N2CCc3sccc3C2)s1. The van der Waals surface area contributed by atoms with Crippen molar-refractivity contribution in [3.63, 3.8) is 0 Å². The number of rotatable bonds is 4. The molecule has 1 atom stereocenters. The fourth-order valence-electron chi connectivity index (χ4n) is 2.66. The molecule has 3 nitrogen and oxygen atoms in total. The summed E-state index contributed by atoms with van der Waals surface area (Å²) in [6.07, 6.45) is 1.13. The monoisotopic (exact) mass is 320 g/mol. The molecule has 112 valence electrons. The van der Waals surface area contributed by atoms with Crippen LogP contribution in [0.5, 0.6) is 0 Å². The summed E-state index contributed by atoms with van der Waals surface area (Å²) in [4.78, 5) is 18.0. The molecule has 1 amide bonds. The predicted molar refractivity (Wildman–Crippen MR) is 89.3 cm³/mol. The van der Waals surface area contributed by atoms with Crippen LogP contribution in [0.4, 0.5) is 0 Å². The zero-order valence-electron chi connectivity index (χ0n) is 12.4. The molecule has 0 bridgehead atoms. The molecule has 3 heterocycles. The fourth-order valence-corrected chi connectivity index (χ4v) is 4.33. The summed E-state index contributed by atoms with van der Waals surface area (Å²) in [5.74, 6) is 0.0492. The third-order valence-electron chi connectivity index (χ3n) is 3.98. The van der Waals surface area contributed by atoms with Gasteiger partial charge in [0.05, 0.1) is 4.88 Å². The first kappa shape index (κ1) is 14.8. The van der Waals surface area contributed by atoms with Crippen LogP contribution in [0.25, 0.3) is 0 Å². The average molecular weight is 320 g/mol. The van der Waals surface area contributed by atoms with E-state index in [2.05, 4.69) is 28.6 Å². The Hall–Kier alpha value is -1.17. The van der Waals surface area contributed by atoms with Gasteiger partial charge in [0.1, 0.15) is 0 Å². The number of amides is 1. The van der Waals surface area contributed by atoms with E-state index < -0.39 is 0 Å². The number of nitrogens with one attached hydrogen (secondary N) is 1. The number of carbonyl (C=O) groups is 1. The second-order valence-corrected chi connectivity index (χ2v) is 7.85. The minimum absolute atomic E-state index is 0.0492. The molecule has 0 fully saturated rings. The van der Waals surface area contributed by atoms with Gasteiger partial charge in [0, 0.05) is 35.4 Å². The van der Waals surface area contributed by atoms with Crippen LogP contribution in [0.1, 0.15) is 31.9 Å². The quantitative estimate of drug-likeness (QED) is 0.937. The summed E-state index contributed by atoms with van der Waals surface area (Å²) in [5.41, 5.74) is 1.46. The topological polar surface area (TPSA) is 32.3 Å². The van der Waals surface area contributed by atoms with Crippen LogP contribution in [0.3, 0.4) is 0 Å². The van der Waals surface area contributed by atoms with Crippen molar-refractivity contribution in [2.45, 2.75) is 32.9 Å². The number of hydrogen-bond acceptors (Lipinski definition) is 4. The van der Waals surface area contributed by atoms with E-state index in [4.69, 9.17) is 0 Å². The Bertz CT molecular complexity index is 632. The van der Waals surface area contributed by atoms with Crippen molar-refractivity contribution >= 4 is 28.6 Å². The average Bonchev–Trinajstić information content (AvgIpc) is 3.12. The van der Waals surface area contributed by atoms with Crippen molar-refractivity contribution in [2.24, 2.45) is 0 Å². The Balaban J connectivity index is 1.53. The molecule has 0 saturated carbocycles. The number of hydrogen-bond donors (Lipinski definition) is 1. The van der Waals surface area contributed by atoms with Crippen LogP contribution in [-0.2, 0) is 13.0 Å². The van der Waals surface area contributed by atoms with Crippen molar-refractivity contribution in [1.29, 1.82) is 0 Å². The Morgan fingerprint density at radius 3 is 3.05 bits per heavy atom. The van der Waals surface area contributed by atoms with Gasteiger partial charge in [0.2, 0.25) is 0 Å². The van der Waals surface area contributed by atoms with Gasteiger partial charge in [-0.25, -0.2) is 0 Å². The highest BCUT2D eigenvalue weighted by molar-refractivity contribution is 7.13. The second-order valence-electron chi connectivity index (χ2n) is 5.56. The Labute approximate surface area is 133 Å². The third-order valence-corrected chi connectivity index (χ3v) is 6.01. The highest BCUT2D eigenvalue weighted by atomic mass is 32.1. The van der Waals surface area contributed by atoms with E-state index in [9.17, 15) is 4.79 Å². The van der Waals surface area contributed by atoms with Crippen molar-refractivity contribution < 1.29 is 4.79 Å². The van der Waals surface area contributed by atoms with E-state index in [1.165, 1.54) is 15.3 Å². The molecule has 0 unspecified atom stereocenters. The van der Waals surface area contributed by atoms with E-state index >= 15 is 0 Å². The Morgan fingerprint density at radius 1 is 1.43 bits per heavy atom. The van der Waals surface area contributed by atoms with Gasteiger partial charge in [-0.05, 0) is 49.4 Å². The number of carbonyl (C=O) groups excluding carboxylic acids is 1. The van der Waals surface area contributed by atoms with Gasteiger partial charge in [-0.15, -0.1) is 22.7 Å². The number of fused-ring (bicyclic) bond motifs is 1. The smallest absolute Gasteiger partial charge is 0.261 e. The van der Waals surface area contributed by atoms with Crippen LogP contribution < -0.4 is 5.32 Å². The maximum atomic E-state index is 12.1. The molecular formula is C16H20N2OS2. The lowest BCUT2D eigenvalue weighted by Gasteiger charge is -2.32. The van der Waals surface area contributed by atoms with E-state index in [1.807, 2.05) is 30.4 Å². The molecule has 3 rings (SSSR count). The third kappa shape index (κ3) is 3.36. The summed E-state index contributed by atoms with van der Waals surface area (Å²) < 4.78 is 0. The van der Waals surface area contributed by atoms with Crippen LogP contribution in [-0.4, -0.2) is 29.9 Å². The Morgan fingerprint density at radius 2 is 2.29 bits per heavy atom. The molecule has 2 aromatic heterocycles. The summed E-state index contributed by atoms with van der Waals surface area (Å²) >= 11 is 3.41. The number of nitrogens with zero attached hydrogens (tertiary/aromatic N) is 1. The predicted octanol–water partition coefficient (Wildman–Crippen LogP) is 3.29. The van der Waals surface area contributed by atoms with Gasteiger partial charge in [-0.3, -0.25) is 9.69 Å². The highest BCUT2D eigenvalue weighted by Crippen LogP contribution is 2.25. The van der Waals surface area contributed by atoms with E-state index in [0.717, 1.165) is 24.4 Å². The van der Waals surface area contributed by atoms with E-state index in [0.29, 0.717) is 12.6 Å². The van der Waals surface area contributed by atoms with Crippen LogP contribution >= 0.6 is 22.7 Å². The first-order chi connectivity index (χ1) is 10.1. The molecule has 1 N–H and O–H groups in total. The first-order valence-electron chi connectivity index (χ1n) is 7.27. The number of aryl methyl sites for hydroxylation is 1. The molecule has 2 aromatic rings. The molecule has 0 aromatic carbocycles.